The van der Waals surface area contributed by atoms with E-state index in [0.717, 1.165) is 17.7 Å². The van der Waals surface area contributed by atoms with Crippen molar-refractivity contribution in [2.45, 2.75) is 50.0 Å². The fourth-order valence-electron chi connectivity index (χ4n) is 4.99. The third-order valence-corrected chi connectivity index (χ3v) is 8.03. The number of nitrogens with zero attached hydrogens (tertiary/aromatic N) is 3. The molecule has 3 aromatic carbocycles. The minimum Gasteiger partial charge on any atom is -0.480 e. The molecule has 1 aliphatic rings. The van der Waals surface area contributed by atoms with Crippen LogP contribution < -0.4 is 26.0 Å². The van der Waals surface area contributed by atoms with E-state index in [0.29, 0.717) is 23.9 Å². The quantitative estimate of drug-likeness (QED) is 0.0724. The van der Waals surface area contributed by atoms with E-state index in [1.54, 1.807) is 12.1 Å². The molecule has 5 N–H and O–H groups in total. The zero-order valence-electron chi connectivity index (χ0n) is 27.3. The van der Waals surface area contributed by atoms with Gasteiger partial charge in [0.05, 0.1) is 5.54 Å². The molecule has 1 atom stereocenters. The van der Waals surface area contributed by atoms with E-state index in [4.69, 9.17) is 16.3 Å². The summed E-state index contributed by atoms with van der Waals surface area (Å²) < 4.78 is 70.2. The fourth-order valence-corrected chi connectivity index (χ4v) is 5.11. The number of carbonyl (C=O) groups excluding carboxylic acids is 3. The molecule has 1 aliphatic carbocycles. The lowest BCUT2D eigenvalue weighted by Gasteiger charge is -2.19. The predicted octanol–water partition coefficient (Wildman–Crippen LogP) is 5.44. The normalized spacial score (nSPS) is 13.7. The van der Waals surface area contributed by atoms with Crippen LogP contribution in [-0.2, 0) is 26.5 Å². The van der Waals surface area contributed by atoms with Crippen LogP contribution in [0.25, 0.3) is 0 Å². The first-order valence-corrected chi connectivity index (χ1v) is 16.1. The highest BCUT2D eigenvalue weighted by Gasteiger charge is 2.45. The molecule has 0 unspecified atom stereocenters. The molecule has 0 aliphatic heterocycles. The van der Waals surface area contributed by atoms with Gasteiger partial charge < -0.3 is 31.1 Å². The standard InChI is InChI=1S/C34H29ClF5N7O6/c35-21-5-3-20(4-6-21)33(11-12-33)47-31-44-30(45-32(46-31)53-17-34(38,39)40)42-24-7-1-19(2-8-24)27(49)43-25(29(51)52)9-10-26(48)28(50)41-16-18-13-22(36)15-23(37)14-18/h1-8,13-15,25H,9-12,16-17H2,(H,41,50)(H,43,49)(H,51,52)(H2,42,44,45,46,47)/t25-/m0/s1. The highest BCUT2D eigenvalue weighted by molar-refractivity contribution is 6.36. The van der Waals surface area contributed by atoms with E-state index < -0.39 is 78.4 Å². The molecular weight excluding hydrogens is 733 g/mol. The van der Waals surface area contributed by atoms with Gasteiger partial charge in [-0.25, -0.2) is 13.6 Å². The smallest absolute Gasteiger partial charge is 0.422 e. The zero-order valence-corrected chi connectivity index (χ0v) is 28.0. The second-order valence-corrected chi connectivity index (χ2v) is 12.3. The maximum absolute atomic E-state index is 13.4. The number of benzene rings is 3. The number of carboxylic acid groups (broad SMARTS) is 1. The van der Waals surface area contributed by atoms with Crippen LogP contribution >= 0.6 is 11.6 Å². The van der Waals surface area contributed by atoms with Crippen LogP contribution in [0.3, 0.4) is 0 Å². The maximum atomic E-state index is 13.4. The number of rotatable bonds is 16. The van der Waals surface area contributed by atoms with Gasteiger partial charge in [0.2, 0.25) is 17.7 Å². The van der Waals surface area contributed by atoms with E-state index in [9.17, 15) is 46.2 Å². The summed E-state index contributed by atoms with van der Waals surface area (Å²) in [5, 5.41) is 20.6. The molecule has 53 heavy (non-hydrogen) atoms. The number of ether oxygens (including phenoxy) is 1. The van der Waals surface area contributed by atoms with Crippen molar-refractivity contribution < 1.29 is 51.0 Å². The second-order valence-electron chi connectivity index (χ2n) is 11.9. The number of anilines is 3. The molecule has 0 bridgehead atoms. The number of carbonyl (C=O) groups is 4. The number of ketones is 1. The molecule has 19 heteroatoms. The Morgan fingerprint density at radius 1 is 0.906 bits per heavy atom. The number of hydrogen-bond acceptors (Lipinski definition) is 10. The van der Waals surface area contributed by atoms with Gasteiger partial charge in [-0.2, -0.15) is 28.1 Å². The summed E-state index contributed by atoms with van der Waals surface area (Å²) >= 11 is 6.00. The Kier molecular flexibility index (Phi) is 11.7. The molecule has 1 heterocycles. The van der Waals surface area contributed by atoms with E-state index in [-0.39, 0.29) is 35.3 Å². The lowest BCUT2D eigenvalue weighted by Crippen LogP contribution is -2.41. The van der Waals surface area contributed by atoms with Crippen molar-refractivity contribution in [1.29, 1.82) is 0 Å². The molecule has 1 fully saturated rings. The highest BCUT2D eigenvalue weighted by Crippen LogP contribution is 2.48. The molecule has 0 spiro atoms. The topological polar surface area (TPSA) is 185 Å². The van der Waals surface area contributed by atoms with Gasteiger partial charge >= 0.3 is 18.2 Å². The number of halogens is 6. The maximum Gasteiger partial charge on any atom is 0.422 e. The summed E-state index contributed by atoms with van der Waals surface area (Å²) in [7, 11) is 0. The Bertz CT molecular complexity index is 1980. The number of aromatic nitrogens is 3. The molecule has 0 saturated heterocycles. The van der Waals surface area contributed by atoms with E-state index in [2.05, 4.69) is 36.2 Å². The van der Waals surface area contributed by atoms with Gasteiger partial charge in [0.25, 0.3) is 11.8 Å². The van der Waals surface area contributed by atoms with Crippen LogP contribution in [0.1, 0.15) is 47.2 Å². The largest absolute Gasteiger partial charge is 0.480 e. The lowest BCUT2D eigenvalue weighted by molar-refractivity contribution is -0.154. The molecule has 278 valence electrons. The molecule has 5 rings (SSSR count). The van der Waals surface area contributed by atoms with Gasteiger partial charge in [-0.1, -0.05) is 23.7 Å². The van der Waals surface area contributed by atoms with Gasteiger partial charge in [0.15, 0.2) is 6.61 Å². The summed E-state index contributed by atoms with van der Waals surface area (Å²) in [5.41, 5.74) is 0.624. The SMILES string of the molecule is O=C(CC[C@H](NC(=O)c1ccc(Nc2nc(NC3(c4ccc(Cl)cc4)CC3)nc(OCC(F)(F)F)n2)cc1)C(=O)O)C(=O)NCc1cc(F)cc(F)c1. The van der Waals surface area contributed by atoms with Crippen LogP contribution in [0.5, 0.6) is 6.01 Å². The number of Topliss-reactive ketones (excluding diaryl/α,β-unsaturated/α-hetero) is 1. The van der Waals surface area contributed by atoms with Crippen molar-refractivity contribution in [2.24, 2.45) is 0 Å². The fraction of sp³-hybridized carbons (Fsp3) is 0.265. The molecule has 1 saturated carbocycles. The van der Waals surface area contributed by atoms with E-state index in [1.165, 1.54) is 24.3 Å². The van der Waals surface area contributed by atoms with E-state index in [1.807, 2.05) is 12.1 Å². The lowest BCUT2D eigenvalue weighted by atomic mass is 10.1. The Labute approximate surface area is 302 Å². The van der Waals surface area contributed by atoms with Gasteiger partial charge in [0.1, 0.15) is 17.7 Å². The third-order valence-electron chi connectivity index (χ3n) is 7.77. The average molecular weight is 762 g/mol. The van der Waals surface area contributed by atoms with Gasteiger partial charge in [-0.3, -0.25) is 14.4 Å². The monoisotopic (exact) mass is 761 g/mol. The zero-order chi connectivity index (χ0) is 38.3. The number of amides is 2. The average Bonchev–Trinajstić information content (AvgIpc) is 3.87. The minimum atomic E-state index is -4.66. The first-order valence-electron chi connectivity index (χ1n) is 15.7. The van der Waals surface area contributed by atoms with Crippen molar-refractivity contribution in [3.8, 4) is 6.01 Å². The Balaban J connectivity index is 1.20. The summed E-state index contributed by atoms with van der Waals surface area (Å²) in [6.45, 7) is -2.01. The molecule has 2 amide bonds. The van der Waals surface area contributed by atoms with Crippen LogP contribution in [0.2, 0.25) is 5.02 Å². The van der Waals surface area contributed by atoms with Crippen LogP contribution in [0.4, 0.5) is 39.5 Å². The van der Waals surface area contributed by atoms with Crippen molar-refractivity contribution in [3.05, 3.63) is 100 Å². The number of aliphatic carboxylic acids is 1. The van der Waals surface area contributed by atoms with Crippen LogP contribution in [0.15, 0.2) is 66.7 Å². The van der Waals surface area contributed by atoms with Crippen LogP contribution in [0, 0.1) is 11.6 Å². The Morgan fingerprint density at radius 3 is 2.15 bits per heavy atom. The third kappa shape index (κ3) is 11.0. The van der Waals surface area contributed by atoms with Crippen molar-refractivity contribution in [1.82, 2.24) is 25.6 Å². The second kappa shape index (κ2) is 16.2. The molecule has 13 nitrogen and oxygen atoms in total. The predicted molar refractivity (Wildman–Crippen MR) is 178 cm³/mol. The van der Waals surface area contributed by atoms with Gasteiger partial charge in [0, 0.05) is 35.3 Å². The summed E-state index contributed by atoms with van der Waals surface area (Å²) in [6, 6.07) is 12.8. The van der Waals surface area contributed by atoms with Crippen LogP contribution in [-0.4, -0.2) is 62.5 Å². The first kappa shape index (κ1) is 38.3. The van der Waals surface area contributed by atoms with Crippen molar-refractivity contribution >= 4 is 52.8 Å². The van der Waals surface area contributed by atoms with Gasteiger partial charge in [-0.15, -0.1) is 0 Å². The van der Waals surface area contributed by atoms with E-state index >= 15 is 0 Å². The highest BCUT2D eigenvalue weighted by atomic mass is 35.5. The Morgan fingerprint density at radius 2 is 1.55 bits per heavy atom. The Hall–Kier alpha value is -5.91. The molecule has 0 radical (unpaired) electrons. The number of hydrogen-bond donors (Lipinski definition) is 5. The minimum absolute atomic E-state index is 0.000892. The summed E-state index contributed by atoms with van der Waals surface area (Å²) in [4.78, 5) is 61.3. The molecule has 4 aromatic rings. The number of nitrogens with one attached hydrogen (secondary N) is 4. The summed E-state index contributed by atoms with van der Waals surface area (Å²) in [5.74, 6) is -6.44. The number of alkyl halides is 3. The van der Waals surface area contributed by atoms with Crippen molar-refractivity contribution in [2.75, 3.05) is 17.2 Å². The van der Waals surface area contributed by atoms with Crippen molar-refractivity contribution in [3.63, 3.8) is 0 Å². The summed E-state index contributed by atoms with van der Waals surface area (Å²) in [6.07, 6.45) is -4.32. The first-order chi connectivity index (χ1) is 25.1. The molecule has 1 aromatic heterocycles. The number of carboxylic acids is 1. The van der Waals surface area contributed by atoms with Gasteiger partial charge in [-0.05, 0) is 78.9 Å². The molecular formula is C34H29ClF5N7O6.